The summed E-state index contributed by atoms with van der Waals surface area (Å²) in [7, 11) is 0. The van der Waals surface area contributed by atoms with Crippen molar-refractivity contribution in [3.8, 4) is 0 Å². The van der Waals surface area contributed by atoms with Crippen molar-refractivity contribution in [2.24, 2.45) is 11.0 Å². The van der Waals surface area contributed by atoms with Gasteiger partial charge in [-0.25, -0.2) is 9.99 Å². The minimum Gasteiger partial charge on any atom is -0.467 e. The summed E-state index contributed by atoms with van der Waals surface area (Å²) in [4.78, 5) is 30.5. The predicted octanol–water partition coefficient (Wildman–Crippen LogP) is 4.90. The third kappa shape index (κ3) is 4.37. The third-order valence-electron chi connectivity index (χ3n) is 6.94. The van der Waals surface area contributed by atoms with Gasteiger partial charge in [0, 0.05) is 5.92 Å². The van der Waals surface area contributed by atoms with Crippen molar-refractivity contribution in [3.05, 3.63) is 84.0 Å². The van der Waals surface area contributed by atoms with Crippen LogP contribution in [-0.4, -0.2) is 38.8 Å². The molecule has 9 heteroatoms. The number of ether oxygens (including phenoxy) is 1. The second-order valence-corrected chi connectivity index (χ2v) is 9.26. The topological polar surface area (TPSA) is 103 Å². The Morgan fingerprint density at radius 3 is 2.76 bits per heavy atom. The number of aryl methyl sites for hydroxylation is 1. The Morgan fingerprint density at radius 1 is 1.11 bits per heavy atom. The minimum atomic E-state index is -0.517. The van der Waals surface area contributed by atoms with Crippen LogP contribution < -0.4 is 0 Å². The number of hydrogen-bond acceptors (Lipinski definition) is 7. The predicted molar refractivity (Wildman–Crippen MR) is 135 cm³/mol. The summed E-state index contributed by atoms with van der Waals surface area (Å²) in [6.45, 7) is 1.39. The number of fused-ring (bicyclic) bond motifs is 2. The van der Waals surface area contributed by atoms with Gasteiger partial charge in [-0.2, -0.15) is 5.10 Å². The van der Waals surface area contributed by atoms with Crippen molar-refractivity contribution < 1.29 is 23.2 Å². The lowest BCUT2D eigenvalue weighted by atomic mass is 9.79. The summed E-state index contributed by atoms with van der Waals surface area (Å²) in [6.07, 6.45) is 7.88. The van der Waals surface area contributed by atoms with Gasteiger partial charge in [-0.15, -0.1) is 0 Å². The molecule has 0 bridgehead atoms. The molecule has 4 aromatic rings. The SMILES string of the molecule is Cc1nc2ccccc2n1CC(=O)OCC(=O)N1N=C2C(=Cc3ccco3)CCCC2C1c1ccco1. The molecule has 1 aromatic carbocycles. The van der Waals surface area contributed by atoms with Crippen LogP contribution in [0.15, 0.2) is 80.6 Å². The van der Waals surface area contributed by atoms with E-state index in [1.807, 2.05) is 55.5 Å². The van der Waals surface area contributed by atoms with Crippen molar-refractivity contribution in [2.75, 3.05) is 6.61 Å². The van der Waals surface area contributed by atoms with Crippen molar-refractivity contribution in [1.82, 2.24) is 14.6 Å². The lowest BCUT2D eigenvalue weighted by Gasteiger charge is -2.27. The molecule has 0 radical (unpaired) electrons. The lowest BCUT2D eigenvalue weighted by molar-refractivity contribution is -0.153. The first kappa shape index (κ1) is 23.0. The van der Waals surface area contributed by atoms with E-state index >= 15 is 0 Å². The highest BCUT2D eigenvalue weighted by Gasteiger charge is 2.45. The number of carbonyl (C=O) groups is 2. The first-order valence-electron chi connectivity index (χ1n) is 12.3. The molecule has 2 atom stereocenters. The maximum Gasteiger partial charge on any atom is 0.326 e. The van der Waals surface area contributed by atoms with E-state index in [0.717, 1.165) is 47.3 Å². The van der Waals surface area contributed by atoms with Gasteiger partial charge in [0.25, 0.3) is 5.91 Å². The van der Waals surface area contributed by atoms with Gasteiger partial charge >= 0.3 is 5.97 Å². The molecule has 1 saturated carbocycles. The van der Waals surface area contributed by atoms with Gasteiger partial charge in [-0.1, -0.05) is 12.1 Å². The lowest BCUT2D eigenvalue weighted by Crippen LogP contribution is -2.34. The fourth-order valence-corrected chi connectivity index (χ4v) is 5.27. The zero-order valence-corrected chi connectivity index (χ0v) is 20.4. The number of amides is 1. The van der Waals surface area contributed by atoms with Gasteiger partial charge < -0.3 is 18.1 Å². The number of imidazole rings is 1. The maximum atomic E-state index is 13.3. The summed E-state index contributed by atoms with van der Waals surface area (Å²) in [6, 6.07) is 14.6. The molecule has 4 heterocycles. The van der Waals surface area contributed by atoms with Crippen LogP contribution in [0, 0.1) is 12.8 Å². The van der Waals surface area contributed by atoms with Gasteiger partial charge in [-0.05, 0) is 74.2 Å². The molecule has 0 N–H and O–H groups in total. The highest BCUT2D eigenvalue weighted by Crippen LogP contribution is 2.44. The van der Waals surface area contributed by atoms with Crippen LogP contribution in [0.25, 0.3) is 17.1 Å². The Morgan fingerprint density at radius 2 is 1.95 bits per heavy atom. The van der Waals surface area contributed by atoms with Crippen LogP contribution in [0.3, 0.4) is 0 Å². The minimum absolute atomic E-state index is 0.0132. The number of carbonyl (C=O) groups excluding carboxylic acids is 2. The molecule has 37 heavy (non-hydrogen) atoms. The van der Waals surface area contributed by atoms with E-state index in [9.17, 15) is 9.59 Å². The standard InChI is InChI=1S/C28H26N4O5/c1-18-29-22-10-2-3-11-23(22)31(18)16-26(34)37-17-25(33)32-28(24-12-6-14-36-24)21-9-4-7-19(27(21)30-32)15-20-8-5-13-35-20/h2-3,5-6,8,10-15,21,28H,4,7,9,16-17H2,1H3. The fraction of sp³-hybridized carbons (Fsp3) is 0.286. The van der Waals surface area contributed by atoms with Crippen molar-refractivity contribution >= 4 is 34.7 Å². The molecule has 1 fully saturated rings. The summed E-state index contributed by atoms with van der Waals surface area (Å²) in [5.74, 6) is 1.17. The molecule has 188 valence electrons. The second kappa shape index (κ2) is 9.57. The van der Waals surface area contributed by atoms with Gasteiger partial charge in [0.2, 0.25) is 0 Å². The Labute approximate surface area is 213 Å². The number of rotatable bonds is 6. The second-order valence-electron chi connectivity index (χ2n) is 9.26. The first-order chi connectivity index (χ1) is 18.1. The molecular weight excluding hydrogens is 472 g/mol. The third-order valence-corrected chi connectivity index (χ3v) is 6.94. The van der Waals surface area contributed by atoms with Gasteiger partial charge in [0.15, 0.2) is 6.61 Å². The largest absolute Gasteiger partial charge is 0.467 e. The number of furan rings is 2. The van der Waals surface area contributed by atoms with E-state index in [2.05, 4.69) is 4.98 Å². The number of hydrogen-bond donors (Lipinski definition) is 0. The number of esters is 1. The average Bonchev–Trinajstić information content (AvgIpc) is 3.70. The molecule has 1 aliphatic carbocycles. The molecular formula is C28H26N4O5. The number of allylic oxidation sites excluding steroid dienone is 1. The summed E-state index contributed by atoms with van der Waals surface area (Å²) in [5, 5.41) is 6.16. The first-order valence-corrected chi connectivity index (χ1v) is 12.3. The Kier molecular flexibility index (Phi) is 5.96. The highest BCUT2D eigenvalue weighted by molar-refractivity contribution is 6.08. The number of nitrogens with zero attached hydrogens (tertiary/aromatic N) is 4. The average molecular weight is 499 g/mol. The smallest absolute Gasteiger partial charge is 0.326 e. The summed E-state index contributed by atoms with van der Waals surface area (Å²) in [5.41, 5.74) is 3.54. The van der Waals surface area contributed by atoms with Gasteiger partial charge in [-0.3, -0.25) is 9.59 Å². The number of aromatic nitrogens is 2. The van der Waals surface area contributed by atoms with Crippen LogP contribution in [0.4, 0.5) is 0 Å². The Balaban J connectivity index is 1.21. The van der Waals surface area contributed by atoms with Gasteiger partial charge in [0.05, 0.1) is 29.3 Å². The molecule has 2 aliphatic rings. The summed E-state index contributed by atoms with van der Waals surface area (Å²) < 4.78 is 18.4. The zero-order chi connectivity index (χ0) is 25.4. The molecule has 1 amide bonds. The van der Waals surface area contributed by atoms with Gasteiger partial charge in [0.1, 0.15) is 29.9 Å². The number of para-hydroxylation sites is 2. The Hall–Kier alpha value is -4.40. The van der Waals surface area contributed by atoms with E-state index in [4.69, 9.17) is 18.7 Å². The fourth-order valence-electron chi connectivity index (χ4n) is 5.27. The van der Waals surface area contributed by atoms with Crippen molar-refractivity contribution in [3.63, 3.8) is 0 Å². The van der Waals surface area contributed by atoms with Crippen LogP contribution in [0.2, 0.25) is 0 Å². The molecule has 1 aliphatic heterocycles. The number of benzene rings is 1. The highest BCUT2D eigenvalue weighted by atomic mass is 16.5. The molecule has 3 aromatic heterocycles. The number of hydrazone groups is 1. The van der Waals surface area contributed by atoms with E-state index in [1.54, 1.807) is 23.2 Å². The van der Waals surface area contributed by atoms with Crippen LogP contribution in [-0.2, 0) is 20.9 Å². The molecule has 9 nitrogen and oxygen atoms in total. The van der Waals surface area contributed by atoms with Crippen LogP contribution in [0.1, 0.15) is 42.6 Å². The molecule has 0 spiro atoms. The van der Waals surface area contributed by atoms with E-state index in [-0.39, 0.29) is 12.5 Å². The molecule has 2 unspecified atom stereocenters. The molecule has 6 rings (SSSR count). The van der Waals surface area contributed by atoms with E-state index in [1.165, 1.54) is 5.01 Å². The van der Waals surface area contributed by atoms with Crippen LogP contribution >= 0.6 is 0 Å². The van der Waals surface area contributed by atoms with Crippen molar-refractivity contribution in [2.45, 2.75) is 38.8 Å². The van der Waals surface area contributed by atoms with Crippen LogP contribution in [0.5, 0.6) is 0 Å². The summed E-state index contributed by atoms with van der Waals surface area (Å²) >= 11 is 0. The monoisotopic (exact) mass is 498 g/mol. The Bertz CT molecular complexity index is 1500. The molecule has 0 saturated heterocycles. The normalized spacial score (nSPS) is 20.3. The quantitative estimate of drug-likeness (QED) is 0.351. The van der Waals surface area contributed by atoms with E-state index in [0.29, 0.717) is 11.6 Å². The maximum absolute atomic E-state index is 13.3. The van der Waals surface area contributed by atoms with E-state index < -0.39 is 24.5 Å². The zero-order valence-electron chi connectivity index (χ0n) is 20.4. The van der Waals surface area contributed by atoms with Crippen molar-refractivity contribution in [1.29, 1.82) is 0 Å².